The van der Waals surface area contributed by atoms with Crippen LogP contribution in [0.5, 0.6) is 0 Å². The fourth-order valence-corrected chi connectivity index (χ4v) is 2.22. The summed E-state index contributed by atoms with van der Waals surface area (Å²) in [5.74, 6) is -0.393. The lowest BCUT2D eigenvalue weighted by Gasteiger charge is -2.20. The lowest BCUT2D eigenvalue weighted by molar-refractivity contribution is -0.115. The van der Waals surface area contributed by atoms with E-state index in [0.29, 0.717) is 12.1 Å². The average Bonchev–Trinajstić information content (AvgIpc) is 2.48. The lowest BCUT2D eigenvalue weighted by Crippen LogP contribution is -2.40. The Labute approximate surface area is 142 Å². The highest BCUT2D eigenvalue weighted by molar-refractivity contribution is 5.96. The topological polar surface area (TPSA) is 71.1 Å². The Morgan fingerprint density at radius 3 is 2.50 bits per heavy atom. The first-order valence-corrected chi connectivity index (χ1v) is 7.87. The number of hydrogen-bond donors (Lipinski definition) is 2. The summed E-state index contributed by atoms with van der Waals surface area (Å²) < 4.78 is 0. The number of carbonyl (C=O) groups is 2. The highest BCUT2D eigenvalue weighted by Gasteiger charge is 2.16. The molecule has 5 heteroatoms. The zero-order valence-corrected chi connectivity index (χ0v) is 14.5. The van der Waals surface area contributed by atoms with Crippen molar-refractivity contribution in [2.24, 2.45) is 0 Å². The van der Waals surface area contributed by atoms with Gasteiger partial charge in [-0.2, -0.15) is 0 Å². The molecule has 0 aliphatic carbocycles. The summed E-state index contributed by atoms with van der Waals surface area (Å²) in [6.45, 7) is 7.68. The predicted molar refractivity (Wildman–Crippen MR) is 95.0 cm³/mol. The van der Waals surface area contributed by atoms with Gasteiger partial charge < -0.3 is 10.6 Å². The normalized spacial score (nSPS) is 11.0. The Kier molecular flexibility index (Phi) is 5.34. The van der Waals surface area contributed by atoms with Gasteiger partial charge in [-0.1, -0.05) is 24.3 Å². The Morgan fingerprint density at radius 1 is 1.12 bits per heavy atom. The van der Waals surface area contributed by atoms with Gasteiger partial charge in [-0.3, -0.25) is 14.6 Å². The zero-order valence-electron chi connectivity index (χ0n) is 14.5. The van der Waals surface area contributed by atoms with E-state index in [1.165, 1.54) is 6.20 Å². The number of amides is 2. The molecule has 5 nitrogen and oxygen atoms in total. The van der Waals surface area contributed by atoms with Gasteiger partial charge in [0.25, 0.3) is 5.91 Å². The van der Waals surface area contributed by atoms with E-state index < -0.39 is 0 Å². The Morgan fingerprint density at radius 2 is 1.83 bits per heavy atom. The van der Waals surface area contributed by atoms with Crippen molar-refractivity contribution in [3.63, 3.8) is 0 Å². The molecule has 0 radical (unpaired) electrons. The van der Waals surface area contributed by atoms with Crippen LogP contribution in [0.1, 0.15) is 42.4 Å². The predicted octanol–water partition coefficient (Wildman–Crippen LogP) is 3.10. The molecule has 1 aromatic heterocycles. The minimum atomic E-state index is -0.344. The number of rotatable bonds is 4. The average molecular weight is 325 g/mol. The maximum absolute atomic E-state index is 12.2. The minimum absolute atomic E-state index is 0.127. The number of nitrogens with one attached hydrogen (secondary N) is 2. The zero-order chi connectivity index (χ0) is 17.7. The standard InChI is InChI=1S/C19H23N3O2/c1-13-7-5-6-8-14(13)11-17(23)21-15-9-10-20-16(12-15)18(24)22-19(2,3)4/h5-10,12H,11H2,1-4H3,(H,22,24)(H,20,21,23). The maximum Gasteiger partial charge on any atom is 0.270 e. The number of carbonyl (C=O) groups excluding carboxylic acids is 2. The fourth-order valence-electron chi connectivity index (χ4n) is 2.22. The van der Waals surface area contributed by atoms with Crippen LogP contribution in [-0.4, -0.2) is 22.3 Å². The van der Waals surface area contributed by atoms with Gasteiger partial charge in [-0.15, -0.1) is 0 Å². The summed E-state index contributed by atoms with van der Waals surface area (Å²) in [5.41, 5.74) is 2.55. The summed E-state index contributed by atoms with van der Waals surface area (Å²) in [7, 11) is 0. The highest BCUT2D eigenvalue weighted by Crippen LogP contribution is 2.12. The molecular formula is C19H23N3O2. The van der Waals surface area contributed by atoms with Gasteiger partial charge in [0, 0.05) is 17.4 Å². The quantitative estimate of drug-likeness (QED) is 0.907. The molecule has 0 spiro atoms. The molecule has 0 saturated carbocycles. The SMILES string of the molecule is Cc1ccccc1CC(=O)Nc1ccnc(C(=O)NC(C)(C)C)c1. The summed E-state index contributed by atoms with van der Waals surface area (Å²) in [6.07, 6.45) is 1.81. The molecule has 1 heterocycles. The van der Waals surface area contributed by atoms with Crippen molar-refractivity contribution in [1.82, 2.24) is 10.3 Å². The first-order valence-electron chi connectivity index (χ1n) is 7.87. The first kappa shape index (κ1) is 17.7. The summed E-state index contributed by atoms with van der Waals surface area (Å²) in [5, 5.41) is 5.67. The minimum Gasteiger partial charge on any atom is -0.346 e. The number of aryl methyl sites for hydroxylation is 1. The van der Waals surface area contributed by atoms with E-state index in [1.54, 1.807) is 12.1 Å². The first-order chi connectivity index (χ1) is 11.2. The third-order valence-corrected chi connectivity index (χ3v) is 3.38. The highest BCUT2D eigenvalue weighted by atomic mass is 16.2. The van der Waals surface area contributed by atoms with Crippen LogP contribution in [0, 0.1) is 6.92 Å². The van der Waals surface area contributed by atoms with Crippen LogP contribution in [0.2, 0.25) is 0 Å². The molecule has 0 aliphatic rings. The van der Waals surface area contributed by atoms with Crippen LogP contribution in [0.25, 0.3) is 0 Å². The van der Waals surface area contributed by atoms with E-state index in [-0.39, 0.29) is 23.0 Å². The van der Waals surface area contributed by atoms with E-state index in [1.807, 2.05) is 52.0 Å². The molecule has 0 fully saturated rings. The number of aromatic nitrogens is 1. The number of benzene rings is 1. The van der Waals surface area contributed by atoms with Crippen molar-refractivity contribution < 1.29 is 9.59 Å². The van der Waals surface area contributed by atoms with Crippen LogP contribution in [-0.2, 0) is 11.2 Å². The lowest BCUT2D eigenvalue weighted by atomic mass is 10.1. The van der Waals surface area contributed by atoms with Crippen molar-refractivity contribution >= 4 is 17.5 Å². The molecule has 2 rings (SSSR count). The third kappa shape index (κ3) is 5.19. The molecular weight excluding hydrogens is 302 g/mol. The summed E-state index contributed by atoms with van der Waals surface area (Å²) in [4.78, 5) is 28.4. The van der Waals surface area contributed by atoms with Crippen LogP contribution in [0.4, 0.5) is 5.69 Å². The molecule has 0 atom stereocenters. The van der Waals surface area contributed by atoms with Gasteiger partial charge in [-0.05, 0) is 51.0 Å². The van der Waals surface area contributed by atoms with Crippen molar-refractivity contribution in [3.8, 4) is 0 Å². The Balaban J connectivity index is 2.05. The number of pyridine rings is 1. The Hall–Kier alpha value is -2.69. The van der Waals surface area contributed by atoms with Crippen LogP contribution >= 0.6 is 0 Å². The van der Waals surface area contributed by atoms with Gasteiger partial charge in [0.1, 0.15) is 5.69 Å². The molecule has 0 bridgehead atoms. The third-order valence-electron chi connectivity index (χ3n) is 3.38. The van der Waals surface area contributed by atoms with Gasteiger partial charge in [0.2, 0.25) is 5.91 Å². The molecule has 2 aromatic rings. The second-order valence-electron chi connectivity index (χ2n) is 6.79. The van der Waals surface area contributed by atoms with Gasteiger partial charge in [-0.25, -0.2) is 0 Å². The Bertz CT molecular complexity index is 748. The second-order valence-corrected chi connectivity index (χ2v) is 6.79. The molecule has 2 N–H and O–H groups in total. The fraction of sp³-hybridized carbons (Fsp3) is 0.316. The smallest absolute Gasteiger partial charge is 0.270 e. The van der Waals surface area contributed by atoms with E-state index >= 15 is 0 Å². The number of nitrogens with zero attached hydrogens (tertiary/aromatic N) is 1. The number of hydrogen-bond acceptors (Lipinski definition) is 3. The van der Waals surface area contributed by atoms with Gasteiger partial charge in [0.05, 0.1) is 6.42 Å². The van der Waals surface area contributed by atoms with E-state index in [4.69, 9.17) is 0 Å². The molecule has 1 aromatic carbocycles. The molecule has 0 unspecified atom stereocenters. The van der Waals surface area contributed by atoms with Crippen molar-refractivity contribution in [2.75, 3.05) is 5.32 Å². The van der Waals surface area contributed by atoms with E-state index in [2.05, 4.69) is 15.6 Å². The van der Waals surface area contributed by atoms with Crippen LogP contribution < -0.4 is 10.6 Å². The van der Waals surface area contributed by atoms with E-state index in [9.17, 15) is 9.59 Å². The molecule has 2 amide bonds. The van der Waals surface area contributed by atoms with Crippen LogP contribution in [0.15, 0.2) is 42.6 Å². The molecule has 0 saturated heterocycles. The van der Waals surface area contributed by atoms with E-state index in [0.717, 1.165) is 11.1 Å². The maximum atomic E-state index is 12.2. The van der Waals surface area contributed by atoms with Crippen molar-refractivity contribution in [3.05, 3.63) is 59.4 Å². The number of anilines is 1. The largest absolute Gasteiger partial charge is 0.346 e. The van der Waals surface area contributed by atoms with Gasteiger partial charge >= 0.3 is 0 Å². The monoisotopic (exact) mass is 325 g/mol. The molecule has 0 aliphatic heterocycles. The molecule has 24 heavy (non-hydrogen) atoms. The second kappa shape index (κ2) is 7.25. The summed E-state index contributed by atoms with van der Waals surface area (Å²) >= 11 is 0. The van der Waals surface area contributed by atoms with Crippen molar-refractivity contribution in [2.45, 2.75) is 39.7 Å². The summed E-state index contributed by atoms with van der Waals surface area (Å²) in [6, 6.07) is 11.0. The van der Waals surface area contributed by atoms with Crippen LogP contribution in [0.3, 0.4) is 0 Å². The molecule has 126 valence electrons. The van der Waals surface area contributed by atoms with Crippen molar-refractivity contribution in [1.29, 1.82) is 0 Å². The van der Waals surface area contributed by atoms with Gasteiger partial charge in [0.15, 0.2) is 0 Å².